The molecule has 0 saturated heterocycles. The highest BCUT2D eigenvalue weighted by Gasteiger charge is 2.39. The molecule has 0 atom stereocenters. The zero-order valence-electron chi connectivity index (χ0n) is 13.5. The van der Waals surface area contributed by atoms with Gasteiger partial charge in [0.1, 0.15) is 5.75 Å². The molecule has 0 fully saturated rings. The van der Waals surface area contributed by atoms with Crippen molar-refractivity contribution in [1.29, 1.82) is 0 Å². The largest absolute Gasteiger partial charge is 0.543 e. The second-order valence-electron chi connectivity index (χ2n) is 7.75. The fourth-order valence-electron chi connectivity index (χ4n) is 1.62. The van der Waals surface area contributed by atoms with Crippen molar-refractivity contribution in [3.8, 4) is 5.75 Å². The van der Waals surface area contributed by atoms with E-state index >= 15 is 0 Å². The maximum atomic E-state index is 6.32. The molecule has 0 aromatic heterocycles. The third-order valence-corrected chi connectivity index (χ3v) is 8.94. The zero-order valence-corrected chi connectivity index (χ0v) is 16.1. The summed E-state index contributed by atoms with van der Waals surface area (Å²) in [6, 6.07) is 6.39. The molecular formula is C16H27BrOSi. The Balaban J connectivity index is 3.04. The molecule has 0 aliphatic heterocycles. The van der Waals surface area contributed by atoms with Crippen molar-refractivity contribution in [3.63, 3.8) is 0 Å². The van der Waals surface area contributed by atoms with Crippen LogP contribution in [0.25, 0.3) is 0 Å². The van der Waals surface area contributed by atoms with E-state index < -0.39 is 8.32 Å². The monoisotopic (exact) mass is 342 g/mol. The van der Waals surface area contributed by atoms with Gasteiger partial charge in [0.25, 0.3) is 0 Å². The lowest BCUT2D eigenvalue weighted by Gasteiger charge is -2.36. The van der Waals surface area contributed by atoms with Crippen LogP contribution in [0.5, 0.6) is 5.75 Å². The molecule has 0 N–H and O–H groups in total. The van der Waals surface area contributed by atoms with Crippen molar-refractivity contribution in [3.05, 3.63) is 28.2 Å². The second-order valence-corrected chi connectivity index (χ2v) is 13.3. The van der Waals surface area contributed by atoms with Gasteiger partial charge < -0.3 is 4.43 Å². The molecule has 0 spiro atoms. The van der Waals surface area contributed by atoms with Crippen molar-refractivity contribution in [2.45, 2.75) is 65.1 Å². The van der Waals surface area contributed by atoms with Crippen LogP contribution in [0.2, 0.25) is 18.1 Å². The van der Waals surface area contributed by atoms with Gasteiger partial charge in [0.2, 0.25) is 8.32 Å². The first kappa shape index (κ1) is 16.8. The molecule has 1 nitrogen and oxygen atoms in total. The molecule has 0 saturated carbocycles. The quantitative estimate of drug-likeness (QED) is 0.587. The van der Waals surface area contributed by atoms with E-state index in [9.17, 15) is 0 Å². The van der Waals surface area contributed by atoms with Crippen molar-refractivity contribution in [2.24, 2.45) is 0 Å². The smallest absolute Gasteiger partial charge is 0.250 e. The predicted molar refractivity (Wildman–Crippen MR) is 90.7 cm³/mol. The molecule has 0 radical (unpaired) electrons. The lowest BCUT2D eigenvalue weighted by Crippen LogP contribution is -2.43. The molecule has 0 aliphatic rings. The molecule has 0 aliphatic carbocycles. The summed E-state index contributed by atoms with van der Waals surface area (Å²) >= 11 is 3.68. The number of benzene rings is 1. The van der Waals surface area contributed by atoms with Gasteiger partial charge >= 0.3 is 0 Å². The number of hydrogen-bond donors (Lipinski definition) is 0. The van der Waals surface area contributed by atoms with Crippen LogP contribution in [0.3, 0.4) is 0 Å². The number of rotatable bonds is 2. The van der Waals surface area contributed by atoms with Gasteiger partial charge in [-0.25, -0.2) is 0 Å². The zero-order chi connectivity index (χ0) is 15.1. The summed E-state index contributed by atoms with van der Waals surface area (Å²) in [6.45, 7) is 18.0. The van der Waals surface area contributed by atoms with Gasteiger partial charge in [-0.05, 0) is 41.2 Å². The molecule has 0 unspecified atom stereocenters. The average molecular weight is 343 g/mol. The van der Waals surface area contributed by atoms with E-state index in [1.807, 2.05) is 0 Å². The molecule has 1 aromatic rings. The highest BCUT2D eigenvalue weighted by molar-refractivity contribution is 9.10. The van der Waals surface area contributed by atoms with Gasteiger partial charge in [-0.15, -0.1) is 0 Å². The van der Waals surface area contributed by atoms with Gasteiger partial charge in [0, 0.05) is 4.47 Å². The first-order chi connectivity index (χ1) is 8.34. The van der Waals surface area contributed by atoms with Crippen LogP contribution in [0.4, 0.5) is 0 Å². The van der Waals surface area contributed by atoms with E-state index in [2.05, 4.69) is 88.8 Å². The van der Waals surface area contributed by atoms with Crippen LogP contribution in [0.15, 0.2) is 22.7 Å². The van der Waals surface area contributed by atoms with Crippen LogP contribution in [0.1, 0.15) is 47.1 Å². The summed E-state index contributed by atoms with van der Waals surface area (Å²) in [5.74, 6) is 0.978. The number of halogens is 1. The van der Waals surface area contributed by atoms with E-state index in [0.717, 1.165) is 10.2 Å². The van der Waals surface area contributed by atoms with Crippen molar-refractivity contribution >= 4 is 24.2 Å². The van der Waals surface area contributed by atoms with Crippen LogP contribution < -0.4 is 4.43 Å². The van der Waals surface area contributed by atoms with Crippen LogP contribution in [-0.4, -0.2) is 8.32 Å². The molecule has 19 heavy (non-hydrogen) atoms. The molecule has 0 amide bonds. The van der Waals surface area contributed by atoms with Gasteiger partial charge in [-0.3, -0.25) is 0 Å². The highest BCUT2D eigenvalue weighted by atomic mass is 79.9. The third-order valence-electron chi connectivity index (χ3n) is 3.93. The Morgan fingerprint density at radius 1 is 1.00 bits per heavy atom. The van der Waals surface area contributed by atoms with Crippen LogP contribution in [-0.2, 0) is 5.41 Å². The Morgan fingerprint density at radius 2 is 1.53 bits per heavy atom. The molecule has 0 bridgehead atoms. The average Bonchev–Trinajstić information content (AvgIpc) is 2.12. The van der Waals surface area contributed by atoms with Gasteiger partial charge in [-0.1, -0.05) is 63.5 Å². The summed E-state index contributed by atoms with van der Waals surface area (Å²) in [5, 5.41) is 0.224. The van der Waals surface area contributed by atoms with E-state index in [0.29, 0.717) is 0 Å². The minimum atomic E-state index is -1.75. The molecule has 0 heterocycles. The normalized spacial score (nSPS) is 13.5. The van der Waals surface area contributed by atoms with Crippen LogP contribution >= 0.6 is 15.9 Å². The lowest BCUT2D eigenvalue weighted by atomic mass is 9.87. The second kappa shape index (κ2) is 5.25. The predicted octanol–water partition coefficient (Wildman–Crippen LogP) is 6.13. The molecule has 3 heteroatoms. The summed E-state index contributed by atoms with van der Waals surface area (Å²) in [6.07, 6.45) is 0. The Bertz CT molecular complexity index is 453. The summed E-state index contributed by atoms with van der Waals surface area (Å²) in [5.41, 5.74) is 1.46. The van der Waals surface area contributed by atoms with Crippen molar-refractivity contribution in [2.75, 3.05) is 0 Å². The maximum Gasteiger partial charge on any atom is 0.250 e. The van der Waals surface area contributed by atoms with Crippen molar-refractivity contribution in [1.82, 2.24) is 0 Å². The first-order valence-electron chi connectivity index (χ1n) is 6.84. The Morgan fingerprint density at radius 3 is 1.89 bits per heavy atom. The van der Waals surface area contributed by atoms with Gasteiger partial charge in [0.15, 0.2) is 0 Å². The maximum absolute atomic E-state index is 6.32. The molecular weight excluding hydrogens is 316 g/mol. The fourth-order valence-corrected chi connectivity index (χ4v) is 3.59. The minimum Gasteiger partial charge on any atom is -0.543 e. The number of hydrogen-bond acceptors (Lipinski definition) is 1. The Kier molecular flexibility index (Phi) is 4.63. The van der Waals surface area contributed by atoms with Crippen molar-refractivity contribution < 1.29 is 4.43 Å². The molecule has 108 valence electrons. The Labute approximate surface area is 128 Å². The SMILES string of the molecule is CC(C)(C)c1ccc(O[Si](C)(C)C(C)(C)C)cc1Br. The van der Waals surface area contributed by atoms with Gasteiger partial charge in [0.05, 0.1) is 0 Å². The van der Waals surface area contributed by atoms with E-state index in [-0.39, 0.29) is 10.5 Å². The van der Waals surface area contributed by atoms with E-state index in [1.165, 1.54) is 5.56 Å². The summed E-state index contributed by atoms with van der Waals surface area (Å²) < 4.78 is 7.46. The Hall–Kier alpha value is -0.283. The lowest BCUT2D eigenvalue weighted by molar-refractivity contribution is 0.490. The first-order valence-corrected chi connectivity index (χ1v) is 10.5. The van der Waals surface area contributed by atoms with Crippen LogP contribution in [0, 0.1) is 0 Å². The highest BCUT2D eigenvalue weighted by Crippen LogP contribution is 2.39. The minimum absolute atomic E-state index is 0.147. The standard InChI is InChI=1S/C16H27BrOSi/c1-15(2,3)13-10-9-12(11-14(13)17)18-19(7,8)16(4,5)6/h9-11H,1-8H3. The van der Waals surface area contributed by atoms with E-state index in [4.69, 9.17) is 4.43 Å². The summed E-state index contributed by atoms with van der Waals surface area (Å²) in [4.78, 5) is 0. The third kappa shape index (κ3) is 4.09. The van der Waals surface area contributed by atoms with E-state index in [1.54, 1.807) is 0 Å². The summed E-state index contributed by atoms with van der Waals surface area (Å²) in [7, 11) is -1.75. The topological polar surface area (TPSA) is 9.23 Å². The molecule has 1 rings (SSSR count). The fraction of sp³-hybridized carbons (Fsp3) is 0.625. The van der Waals surface area contributed by atoms with Gasteiger partial charge in [-0.2, -0.15) is 0 Å². The molecule has 1 aromatic carbocycles.